The number of carbonyl (C=O) groups is 1. The fraction of sp³-hybridized carbons (Fsp3) is 0.895. The second kappa shape index (κ2) is 11.1. The summed E-state index contributed by atoms with van der Waals surface area (Å²) in [6.07, 6.45) is 2.22. The van der Waals surface area contributed by atoms with Crippen LogP contribution in [-0.4, -0.2) is 104 Å². The van der Waals surface area contributed by atoms with Gasteiger partial charge in [0.05, 0.1) is 16.5 Å². The summed E-state index contributed by atoms with van der Waals surface area (Å²) in [5.41, 5.74) is 0. The van der Waals surface area contributed by atoms with Crippen LogP contribution in [-0.2, 0) is 14.6 Å². The molecule has 1 atom stereocenters. The second-order valence-electron chi connectivity index (χ2n) is 8.64. The number of sulfone groups is 1. The number of likely N-dealkylation sites (tertiary alicyclic amines) is 1. The molecule has 10 heteroatoms. The van der Waals surface area contributed by atoms with Gasteiger partial charge >= 0.3 is 0 Å². The minimum absolute atomic E-state index is 0. The molecule has 1 N–H and O–H groups in total. The Morgan fingerprint density at radius 2 is 1.59 bits per heavy atom. The summed E-state index contributed by atoms with van der Waals surface area (Å²) in [5.74, 6) is 1.04. The highest BCUT2D eigenvalue weighted by atomic mass is 127. The zero-order valence-corrected chi connectivity index (χ0v) is 21.6. The lowest BCUT2D eigenvalue weighted by molar-refractivity contribution is -0.135. The van der Waals surface area contributed by atoms with Gasteiger partial charge in [0.2, 0.25) is 5.91 Å². The van der Waals surface area contributed by atoms with Crippen molar-refractivity contribution >= 4 is 45.7 Å². The first-order valence-electron chi connectivity index (χ1n) is 10.3. The molecule has 0 aromatic rings. The zero-order chi connectivity index (χ0) is 20.9. The number of hydrogen-bond acceptors (Lipinski definition) is 5. The number of nitrogens with one attached hydrogen (secondary N) is 1. The fourth-order valence-corrected chi connectivity index (χ4v) is 4.60. The van der Waals surface area contributed by atoms with E-state index in [0.717, 1.165) is 58.1 Å². The van der Waals surface area contributed by atoms with E-state index in [1.165, 1.54) is 0 Å². The number of amides is 1. The Hall–Kier alpha value is -0.620. The number of piperazine rings is 1. The number of guanidine groups is 1. The van der Waals surface area contributed by atoms with Crippen molar-refractivity contribution in [1.82, 2.24) is 20.0 Å². The molecular formula is C19H38IN5O3S. The van der Waals surface area contributed by atoms with E-state index in [1.807, 2.05) is 11.8 Å². The van der Waals surface area contributed by atoms with Gasteiger partial charge in [-0.2, -0.15) is 0 Å². The van der Waals surface area contributed by atoms with Crippen molar-refractivity contribution in [3.8, 4) is 0 Å². The maximum Gasteiger partial charge on any atom is 0.239 e. The van der Waals surface area contributed by atoms with Crippen LogP contribution in [0.4, 0.5) is 0 Å². The molecule has 1 amide bonds. The third-order valence-electron chi connectivity index (χ3n) is 5.74. The van der Waals surface area contributed by atoms with Crippen LogP contribution >= 0.6 is 24.0 Å². The van der Waals surface area contributed by atoms with E-state index < -0.39 is 14.6 Å². The zero-order valence-electron chi connectivity index (χ0n) is 18.5. The second-order valence-corrected chi connectivity index (χ2v) is 11.5. The normalized spacial score (nSPS) is 20.4. The third kappa shape index (κ3) is 6.95. The predicted octanol–water partition coefficient (Wildman–Crippen LogP) is 1.02. The molecule has 8 nitrogen and oxygen atoms in total. The monoisotopic (exact) mass is 543 g/mol. The number of rotatable bonds is 5. The van der Waals surface area contributed by atoms with E-state index in [4.69, 9.17) is 0 Å². The molecule has 2 saturated heterocycles. The Balaban J connectivity index is 0.00000420. The Kier molecular flexibility index (Phi) is 10.1. The summed E-state index contributed by atoms with van der Waals surface area (Å²) < 4.78 is 23.8. The van der Waals surface area contributed by atoms with Crippen molar-refractivity contribution in [2.24, 2.45) is 4.99 Å². The molecule has 0 aromatic heterocycles. The van der Waals surface area contributed by atoms with E-state index in [9.17, 15) is 13.2 Å². The lowest BCUT2D eigenvalue weighted by Crippen LogP contribution is -2.57. The maximum absolute atomic E-state index is 12.6. The number of halogens is 1. The minimum Gasteiger partial charge on any atom is -0.355 e. The minimum atomic E-state index is -3.16. The molecular weight excluding hydrogens is 505 g/mol. The van der Waals surface area contributed by atoms with Gasteiger partial charge in [0, 0.05) is 52.9 Å². The quantitative estimate of drug-likeness (QED) is 0.317. The van der Waals surface area contributed by atoms with Crippen LogP contribution in [0.2, 0.25) is 0 Å². The van der Waals surface area contributed by atoms with Crippen LogP contribution in [0.5, 0.6) is 0 Å². The molecule has 0 spiro atoms. The fourth-order valence-electron chi connectivity index (χ4n) is 3.61. The van der Waals surface area contributed by atoms with E-state index in [2.05, 4.69) is 20.1 Å². The molecule has 29 heavy (non-hydrogen) atoms. The molecule has 0 bridgehead atoms. The molecule has 170 valence electrons. The van der Waals surface area contributed by atoms with Crippen LogP contribution in [0.25, 0.3) is 0 Å². The topological polar surface area (TPSA) is 85.3 Å². The van der Waals surface area contributed by atoms with Crippen LogP contribution in [0, 0.1) is 0 Å². The van der Waals surface area contributed by atoms with Gasteiger partial charge in [-0.05, 0) is 40.5 Å². The molecule has 2 heterocycles. The summed E-state index contributed by atoms with van der Waals surface area (Å²) >= 11 is 0. The number of aliphatic imine (C=N–C) groups is 1. The summed E-state index contributed by atoms with van der Waals surface area (Å²) in [6, 6.07) is -0.0906. The number of nitrogens with zero attached hydrogens (tertiary/aromatic N) is 4. The molecule has 2 aliphatic heterocycles. The third-order valence-corrected chi connectivity index (χ3v) is 8.34. The molecule has 1 unspecified atom stereocenters. The van der Waals surface area contributed by atoms with E-state index in [1.54, 1.807) is 27.8 Å². The van der Waals surface area contributed by atoms with Crippen molar-refractivity contribution in [2.75, 3.05) is 58.6 Å². The Bertz CT molecular complexity index is 664. The van der Waals surface area contributed by atoms with Crippen molar-refractivity contribution in [3.63, 3.8) is 0 Å². The Morgan fingerprint density at radius 3 is 2.07 bits per heavy atom. The standard InChI is InChI=1S/C19H37N5O3S.HI/c1-16(17(25)23-9-6-7-10-23)22-11-13-24(14-12-22)18(20-5)21-8-15-28(26,27)19(2,3)4;/h16H,6-15H2,1-5H3,(H,20,21);1H. The van der Waals surface area contributed by atoms with Crippen LogP contribution in [0.1, 0.15) is 40.5 Å². The first-order valence-corrected chi connectivity index (χ1v) is 11.9. The Morgan fingerprint density at radius 1 is 1.03 bits per heavy atom. The van der Waals surface area contributed by atoms with Gasteiger partial charge in [-0.1, -0.05) is 0 Å². The molecule has 2 fully saturated rings. The SMILES string of the molecule is CN=C(NCCS(=O)(=O)C(C)(C)C)N1CCN(C(C)C(=O)N2CCCC2)CC1.I. The van der Waals surface area contributed by atoms with E-state index in [-0.39, 0.29) is 41.7 Å². The van der Waals surface area contributed by atoms with E-state index >= 15 is 0 Å². The van der Waals surface area contributed by atoms with E-state index in [0.29, 0.717) is 6.54 Å². The van der Waals surface area contributed by atoms with Crippen LogP contribution < -0.4 is 5.32 Å². The summed E-state index contributed by atoms with van der Waals surface area (Å²) in [7, 11) is -1.44. The molecule has 2 rings (SSSR count). The van der Waals surface area contributed by atoms with Gasteiger partial charge < -0.3 is 15.1 Å². The van der Waals surface area contributed by atoms with Crippen molar-refractivity contribution in [2.45, 2.75) is 51.3 Å². The van der Waals surface area contributed by atoms with Crippen molar-refractivity contribution < 1.29 is 13.2 Å². The number of carbonyl (C=O) groups excluding carboxylic acids is 1. The highest BCUT2D eigenvalue weighted by molar-refractivity contribution is 14.0. The molecule has 0 saturated carbocycles. The predicted molar refractivity (Wildman–Crippen MR) is 129 cm³/mol. The summed E-state index contributed by atoms with van der Waals surface area (Å²) in [5, 5.41) is 3.18. The lowest BCUT2D eigenvalue weighted by atomic mass is 10.2. The largest absolute Gasteiger partial charge is 0.355 e. The first kappa shape index (κ1) is 26.4. The first-order chi connectivity index (χ1) is 13.1. The van der Waals surface area contributed by atoms with Gasteiger partial charge in [0.1, 0.15) is 0 Å². The average molecular weight is 544 g/mol. The average Bonchev–Trinajstić information content (AvgIpc) is 3.18. The van der Waals surface area contributed by atoms with Crippen molar-refractivity contribution in [3.05, 3.63) is 0 Å². The van der Waals surface area contributed by atoms with Gasteiger partial charge in [-0.15, -0.1) is 24.0 Å². The molecule has 0 aliphatic carbocycles. The highest BCUT2D eigenvalue weighted by Crippen LogP contribution is 2.16. The van der Waals surface area contributed by atoms with Crippen molar-refractivity contribution in [1.29, 1.82) is 0 Å². The highest BCUT2D eigenvalue weighted by Gasteiger charge is 2.31. The van der Waals surface area contributed by atoms with Gasteiger partial charge in [-0.25, -0.2) is 8.42 Å². The molecule has 0 radical (unpaired) electrons. The molecule has 2 aliphatic rings. The number of hydrogen-bond donors (Lipinski definition) is 1. The Labute approximate surface area is 193 Å². The van der Waals surface area contributed by atoms with Gasteiger partial charge in [0.15, 0.2) is 15.8 Å². The van der Waals surface area contributed by atoms with Gasteiger partial charge in [-0.3, -0.25) is 14.7 Å². The lowest BCUT2D eigenvalue weighted by Gasteiger charge is -2.39. The molecule has 0 aromatic carbocycles. The van der Waals surface area contributed by atoms with Crippen LogP contribution in [0.3, 0.4) is 0 Å². The van der Waals surface area contributed by atoms with Gasteiger partial charge in [0.25, 0.3) is 0 Å². The summed E-state index contributed by atoms with van der Waals surface area (Å²) in [4.78, 5) is 23.3. The maximum atomic E-state index is 12.6. The van der Waals surface area contributed by atoms with Crippen LogP contribution in [0.15, 0.2) is 4.99 Å². The summed E-state index contributed by atoms with van der Waals surface area (Å²) in [6.45, 7) is 12.4. The smallest absolute Gasteiger partial charge is 0.239 e.